The molecule has 0 saturated heterocycles. The predicted octanol–water partition coefficient (Wildman–Crippen LogP) is 2.45. The summed E-state index contributed by atoms with van der Waals surface area (Å²) >= 11 is 2.90. The van der Waals surface area contributed by atoms with Gasteiger partial charge in [0.1, 0.15) is 5.69 Å². The summed E-state index contributed by atoms with van der Waals surface area (Å²) in [4.78, 5) is 39.8. The lowest BCUT2D eigenvalue weighted by Gasteiger charge is -2.25. The maximum absolute atomic E-state index is 12.5. The van der Waals surface area contributed by atoms with E-state index in [2.05, 4.69) is 20.3 Å². The van der Waals surface area contributed by atoms with Crippen molar-refractivity contribution in [1.82, 2.24) is 19.9 Å². The van der Waals surface area contributed by atoms with Crippen molar-refractivity contribution in [2.24, 2.45) is 0 Å². The predicted molar refractivity (Wildman–Crippen MR) is 94.9 cm³/mol. The number of thiophene rings is 1. The Kier molecular flexibility index (Phi) is 4.24. The molecule has 2 amide bonds. The van der Waals surface area contributed by atoms with E-state index in [1.807, 2.05) is 21.7 Å². The molecule has 0 spiro atoms. The van der Waals surface area contributed by atoms with Gasteiger partial charge in [-0.15, -0.1) is 0 Å². The zero-order chi connectivity index (χ0) is 17.2. The second-order valence-corrected chi connectivity index (χ2v) is 7.29. The molecule has 7 nitrogen and oxygen atoms in total. The summed E-state index contributed by atoms with van der Waals surface area (Å²) in [7, 11) is 0. The highest BCUT2D eigenvalue weighted by Crippen LogP contribution is 2.29. The minimum Gasteiger partial charge on any atom is -0.333 e. The molecular formula is C16H13N5O2S2. The third kappa shape index (κ3) is 3.28. The van der Waals surface area contributed by atoms with Crippen molar-refractivity contribution in [1.29, 1.82) is 0 Å². The first-order valence-corrected chi connectivity index (χ1v) is 9.34. The molecule has 0 fully saturated rings. The van der Waals surface area contributed by atoms with Gasteiger partial charge >= 0.3 is 0 Å². The van der Waals surface area contributed by atoms with E-state index in [4.69, 9.17) is 0 Å². The molecular weight excluding hydrogens is 358 g/mol. The molecule has 4 heterocycles. The molecule has 3 aromatic heterocycles. The van der Waals surface area contributed by atoms with Crippen LogP contribution < -0.4 is 5.32 Å². The van der Waals surface area contributed by atoms with Gasteiger partial charge in [-0.25, -0.2) is 9.97 Å². The lowest BCUT2D eigenvalue weighted by atomic mass is 10.1. The van der Waals surface area contributed by atoms with Crippen molar-refractivity contribution in [3.05, 3.63) is 57.2 Å². The van der Waals surface area contributed by atoms with Crippen LogP contribution in [0.1, 0.15) is 31.4 Å². The van der Waals surface area contributed by atoms with Crippen LogP contribution in [-0.2, 0) is 13.0 Å². The van der Waals surface area contributed by atoms with E-state index in [0.29, 0.717) is 30.2 Å². The highest BCUT2D eigenvalue weighted by Gasteiger charge is 2.25. The highest BCUT2D eigenvalue weighted by atomic mass is 32.1. The Hall–Kier alpha value is -2.65. The number of fused-ring (bicyclic) bond motifs is 1. The second kappa shape index (κ2) is 6.69. The van der Waals surface area contributed by atoms with Gasteiger partial charge in [0.15, 0.2) is 5.13 Å². The van der Waals surface area contributed by atoms with Gasteiger partial charge in [-0.05, 0) is 11.4 Å². The normalized spacial score (nSPS) is 13.4. The van der Waals surface area contributed by atoms with Crippen LogP contribution in [0.25, 0.3) is 0 Å². The van der Waals surface area contributed by atoms with Gasteiger partial charge in [0.05, 0.1) is 24.0 Å². The largest absolute Gasteiger partial charge is 0.333 e. The first-order chi connectivity index (χ1) is 12.2. The summed E-state index contributed by atoms with van der Waals surface area (Å²) in [5.74, 6) is -0.309. The van der Waals surface area contributed by atoms with Gasteiger partial charge in [-0.1, -0.05) is 11.3 Å². The number of thiazole rings is 1. The third-order valence-corrected chi connectivity index (χ3v) is 5.48. The number of carbonyl (C=O) groups is 2. The molecule has 0 aromatic carbocycles. The van der Waals surface area contributed by atoms with Crippen LogP contribution >= 0.6 is 22.7 Å². The first kappa shape index (κ1) is 15.9. The van der Waals surface area contributed by atoms with Crippen molar-refractivity contribution in [2.75, 3.05) is 11.9 Å². The van der Waals surface area contributed by atoms with E-state index in [-0.39, 0.29) is 17.5 Å². The van der Waals surface area contributed by atoms with Gasteiger partial charge in [0.25, 0.3) is 11.8 Å². The van der Waals surface area contributed by atoms with Crippen molar-refractivity contribution in [3.8, 4) is 0 Å². The summed E-state index contributed by atoms with van der Waals surface area (Å²) in [6, 6.07) is 1.84. The molecule has 0 unspecified atom stereocenters. The summed E-state index contributed by atoms with van der Waals surface area (Å²) in [6.45, 7) is 1.14. The Morgan fingerprint density at radius 1 is 1.28 bits per heavy atom. The Balaban J connectivity index is 1.47. The Morgan fingerprint density at radius 3 is 2.96 bits per heavy atom. The van der Waals surface area contributed by atoms with Gasteiger partial charge < -0.3 is 4.90 Å². The van der Waals surface area contributed by atoms with Crippen LogP contribution in [0.4, 0.5) is 5.13 Å². The van der Waals surface area contributed by atoms with Crippen LogP contribution in [0.3, 0.4) is 0 Å². The van der Waals surface area contributed by atoms with Gasteiger partial charge in [0.2, 0.25) is 0 Å². The number of hydrogen-bond donors (Lipinski definition) is 1. The number of hydrogen-bond acceptors (Lipinski definition) is 7. The molecule has 25 heavy (non-hydrogen) atoms. The minimum absolute atomic E-state index is 0.0328. The van der Waals surface area contributed by atoms with E-state index in [0.717, 1.165) is 10.6 Å². The van der Waals surface area contributed by atoms with Crippen molar-refractivity contribution >= 4 is 39.6 Å². The van der Waals surface area contributed by atoms with Crippen molar-refractivity contribution in [2.45, 2.75) is 13.0 Å². The maximum atomic E-state index is 12.5. The summed E-state index contributed by atoms with van der Waals surface area (Å²) in [5.41, 5.74) is 1.90. The Bertz CT molecular complexity index is 908. The fourth-order valence-electron chi connectivity index (χ4n) is 2.57. The SMILES string of the molecule is O=C(Nc1nc2c(s1)CN(C(=O)c1ccsc1)CC2)c1cnccn1. The smallest absolute Gasteiger partial charge is 0.277 e. The Labute approximate surface area is 151 Å². The average Bonchev–Trinajstić information content (AvgIpc) is 3.30. The molecule has 3 aromatic rings. The average molecular weight is 371 g/mol. The fourth-order valence-corrected chi connectivity index (χ4v) is 4.22. The fraction of sp³-hybridized carbons (Fsp3) is 0.188. The second-order valence-electron chi connectivity index (χ2n) is 5.42. The zero-order valence-electron chi connectivity index (χ0n) is 13.0. The molecule has 1 aliphatic heterocycles. The standard InChI is InChI=1S/C16H13N5O2S2/c22-14(12-7-17-3-4-18-12)20-16-19-11-1-5-21(8-13(11)25-16)15(23)10-2-6-24-9-10/h2-4,6-7,9H,1,5,8H2,(H,19,20,22). The monoisotopic (exact) mass is 371 g/mol. The molecule has 0 saturated carbocycles. The number of nitrogens with one attached hydrogen (secondary N) is 1. The number of amides is 2. The molecule has 0 atom stereocenters. The van der Waals surface area contributed by atoms with Crippen LogP contribution in [0.15, 0.2) is 35.4 Å². The van der Waals surface area contributed by atoms with Crippen LogP contribution in [0, 0.1) is 0 Å². The molecule has 1 N–H and O–H groups in total. The van der Waals surface area contributed by atoms with Crippen LogP contribution in [0.2, 0.25) is 0 Å². The van der Waals surface area contributed by atoms with E-state index in [1.165, 1.54) is 41.3 Å². The maximum Gasteiger partial charge on any atom is 0.277 e. The summed E-state index contributed by atoms with van der Waals surface area (Å²) in [6.07, 6.45) is 5.07. The van der Waals surface area contributed by atoms with E-state index < -0.39 is 0 Å². The number of carbonyl (C=O) groups excluding carboxylic acids is 2. The third-order valence-electron chi connectivity index (χ3n) is 3.80. The molecule has 0 radical (unpaired) electrons. The first-order valence-electron chi connectivity index (χ1n) is 7.58. The van der Waals surface area contributed by atoms with Gasteiger partial charge in [0, 0.05) is 35.6 Å². The lowest BCUT2D eigenvalue weighted by Crippen LogP contribution is -2.35. The van der Waals surface area contributed by atoms with Crippen molar-refractivity contribution in [3.63, 3.8) is 0 Å². The number of nitrogens with zero attached hydrogens (tertiary/aromatic N) is 4. The van der Waals surface area contributed by atoms with Crippen LogP contribution in [-0.4, -0.2) is 38.2 Å². The Morgan fingerprint density at radius 2 is 2.20 bits per heavy atom. The molecule has 9 heteroatoms. The lowest BCUT2D eigenvalue weighted by molar-refractivity contribution is 0.0736. The molecule has 0 aliphatic carbocycles. The van der Waals surface area contributed by atoms with Gasteiger partial charge in [-0.3, -0.25) is 19.9 Å². The number of rotatable bonds is 3. The quantitative estimate of drug-likeness (QED) is 0.764. The molecule has 0 bridgehead atoms. The molecule has 1 aliphatic rings. The van der Waals surface area contributed by atoms with E-state index in [9.17, 15) is 9.59 Å². The minimum atomic E-state index is -0.342. The topological polar surface area (TPSA) is 88.1 Å². The van der Waals surface area contributed by atoms with E-state index in [1.54, 1.807) is 0 Å². The van der Waals surface area contributed by atoms with Crippen molar-refractivity contribution < 1.29 is 9.59 Å². The van der Waals surface area contributed by atoms with Gasteiger partial charge in [-0.2, -0.15) is 11.3 Å². The number of aromatic nitrogens is 3. The molecule has 126 valence electrons. The number of anilines is 1. The van der Waals surface area contributed by atoms with E-state index >= 15 is 0 Å². The highest BCUT2D eigenvalue weighted by molar-refractivity contribution is 7.15. The summed E-state index contributed by atoms with van der Waals surface area (Å²) in [5, 5.41) is 7.03. The molecule has 4 rings (SSSR count). The zero-order valence-corrected chi connectivity index (χ0v) is 14.6. The van der Waals surface area contributed by atoms with Crippen LogP contribution in [0.5, 0.6) is 0 Å². The summed E-state index contributed by atoms with van der Waals surface area (Å²) < 4.78 is 0.